The summed E-state index contributed by atoms with van der Waals surface area (Å²) in [5.41, 5.74) is 3.35. The number of carbonyl (C=O) groups is 1. The van der Waals surface area contributed by atoms with Gasteiger partial charge in [-0.3, -0.25) is 9.79 Å². The van der Waals surface area contributed by atoms with Gasteiger partial charge in [0.05, 0.1) is 17.8 Å². The Hall–Kier alpha value is -3.31. The van der Waals surface area contributed by atoms with Crippen LogP contribution in [0.2, 0.25) is 5.02 Å². The number of halogens is 1. The molecular weight excluding hydrogens is 388 g/mol. The Morgan fingerprint density at radius 2 is 1.90 bits per heavy atom. The van der Waals surface area contributed by atoms with Crippen LogP contribution < -0.4 is 14.8 Å². The smallest absolute Gasteiger partial charge is 0.262 e. The van der Waals surface area contributed by atoms with Gasteiger partial charge in [-0.25, -0.2) is 0 Å². The molecule has 0 fully saturated rings. The monoisotopic (exact) mass is 408 g/mol. The molecule has 0 saturated heterocycles. The van der Waals surface area contributed by atoms with E-state index in [2.05, 4.69) is 10.3 Å². The summed E-state index contributed by atoms with van der Waals surface area (Å²) >= 11 is 6.36. The quantitative estimate of drug-likeness (QED) is 0.530. The second kappa shape index (κ2) is 9.75. The van der Waals surface area contributed by atoms with E-state index < -0.39 is 0 Å². The van der Waals surface area contributed by atoms with Crippen LogP contribution in [0.5, 0.6) is 11.5 Å². The maximum atomic E-state index is 12.2. The molecule has 0 saturated carbocycles. The van der Waals surface area contributed by atoms with Crippen molar-refractivity contribution in [2.45, 2.75) is 6.92 Å². The van der Waals surface area contributed by atoms with Crippen molar-refractivity contribution in [1.82, 2.24) is 0 Å². The summed E-state index contributed by atoms with van der Waals surface area (Å²) in [6.45, 7) is 1.76. The molecule has 5 nitrogen and oxygen atoms in total. The largest absolute Gasteiger partial charge is 0.493 e. The molecule has 1 N–H and O–H groups in total. The highest BCUT2D eigenvalue weighted by Crippen LogP contribution is 2.36. The topological polar surface area (TPSA) is 59.9 Å². The molecule has 3 aromatic carbocycles. The molecule has 3 aromatic rings. The molecular formula is C23H21ClN2O3. The van der Waals surface area contributed by atoms with Gasteiger partial charge < -0.3 is 14.8 Å². The Kier molecular flexibility index (Phi) is 6.87. The second-order valence-electron chi connectivity index (χ2n) is 6.33. The molecule has 0 aliphatic rings. The molecule has 0 bridgehead atoms. The van der Waals surface area contributed by atoms with Gasteiger partial charge in [0.15, 0.2) is 18.1 Å². The van der Waals surface area contributed by atoms with E-state index in [0.29, 0.717) is 22.2 Å². The van der Waals surface area contributed by atoms with Gasteiger partial charge in [0.2, 0.25) is 0 Å². The minimum absolute atomic E-state index is 0.193. The van der Waals surface area contributed by atoms with Crippen LogP contribution in [0.15, 0.2) is 71.7 Å². The van der Waals surface area contributed by atoms with Crippen LogP contribution in [-0.2, 0) is 4.79 Å². The van der Waals surface area contributed by atoms with Crippen LogP contribution in [0.25, 0.3) is 0 Å². The van der Waals surface area contributed by atoms with E-state index >= 15 is 0 Å². The number of aryl methyl sites for hydroxylation is 1. The Balaban J connectivity index is 1.69. The van der Waals surface area contributed by atoms with Crippen LogP contribution in [0.1, 0.15) is 11.1 Å². The number of hydrogen-bond acceptors (Lipinski definition) is 4. The van der Waals surface area contributed by atoms with Crippen molar-refractivity contribution in [1.29, 1.82) is 0 Å². The number of anilines is 1. The fourth-order valence-electron chi connectivity index (χ4n) is 2.68. The lowest BCUT2D eigenvalue weighted by Crippen LogP contribution is -2.20. The van der Waals surface area contributed by atoms with Crippen molar-refractivity contribution in [3.05, 3.63) is 82.9 Å². The fourth-order valence-corrected chi connectivity index (χ4v) is 2.95. The molecule has 0 unspecified atom stereocenters. The number of carbonyl (C=O) groups excluding carboxylic acids is 1. The van der Waals surface area contributed by atoms with E-state index in [0.717, 1.165) is 16.8 Å². The highest BCUT2D eigenvalue weighted by Gasteiger charge is 2.13. The zero-order valence-corrected chi connectivity index (χ0v) is 16.9. The maximum absolute atomic E-state index is 12.2. The van der Waals surface area contributed by atoms with Crippen molar-refractivity contribution in [2.24, 2.45) is 4.99 Å². The van der Waals surface area contributed by atoms with Gasteiger partial charge in [-0.15, -0.1) is 0 Å². The minimum atomic E-state index is -0.288. The van der Waals surface area contributed by atoms with Gasteiger partial charge >= 0.3 is 0 Å². The number of aliphatic imine (C=N–C) groups is 1. The minimum Gasteiger partial charge on any atom is -0.493 e. The summed E-state index contributed by atoms with van der Waals surface area (Å²) in [5, 5.41) is 3.13. The van der Waals surface area contributed by atoms with E-state index in [-0.39, 0.29) is 12.5 Å². The molecule has 0 atom stereocenters. The third-order valence-corrected chi connectivity index (χ3v) is 4.30. The normalized spacial score (nSPS) is 10.7. The predicted molar refractivity (Wildman–Crippen MR) is 117 cm³/mol. The first kappa shape index (κ1) is 20.4. The Labute approximate surface area is 175 Å². The predicted octanol–water partition coefficient (Wildman–Crippen LogP) is 5.43. The molecule has 3 rings (SSSR count). The number of benzene rings is 3. The molecule has 0 aliphatic carbocycles. The van der Waals surface area contributed by atoms with Crippen molar-refractivity contribution in [3.8, 4) is 11.5 Å². The maximum Gasteiger partial charge on any atom is 0.262 e. The molecule has 0 heterocycles. The Bertz CT molecular complexity index is 1020. The lowest BCUT2D eigenvalue weighted by molar-refractivity contribution is -0.118. The van der Waals surface area contributed by atoms with Gasteiger partial charge in [0, 0.05) is 11.9 Å². The molecule has 0 aliphatic heterocycles. The van der Waals surface area contributed by atoms with Crippen LogP contribution in [0, 0.1) is 6.92 Å². The molecule has 29 heavy (non-hydrogen) atoms. The number of nitrogens with zero attached hydrogens (tertiary/aromatic N) is 1. The Morgan fingerprint density at radius 1 is 1.10 bits per heavy atom. The number of rotatable bonds is 7. The molecule has 6 heteroatoms. The standard InChI is InChI=1S/C23H21ClN2O3/c1-16-7-6-10-19(11-16)26-22(27)15-29-23-20(24)12-17(13-21(23)28-2)14-25-18-8-4-3-5-9-18/h3-14H,15H2,1-2H3,(H,26,27). The van der Waals surface area contributed by atoms with Crippen LogP contribution in [-0.4, -0.2) is 25.8 Å². The summed E-state index contributed by atoms with van der Waals surface area (Å²) in [5.74, 6) is 0.448. The van der Waals surface area contributed by atoms with E-state index in [1.165, 1.54) is 7.11 Å². The van der Waals surface area contributed by atoms with Crippen molar-refractivity contribution >= 4 is 35.1 Å². The average molecular weight is 409 g/mol. The van der Waals surface area contributed by atoms with Crippen molar-refractivity contribution in [3.63, 3.8) is 0 Å². The van der Waals surface area contributed by atoms with Crippen LogP contribution in [0.4, 0.5) is 11.4 Å². The second-order valence-corrected chi connectivity index (χ2v) is 6.74. The number of methoxy groups -OCH3 is 1. The van der Waals surface area contributed by atoms with E-state index in [4.69, 9.17) is 21.1 Å². The van der Waals surface area contributed by atoms with E-state index in [1.54, 1.807) is 18.3 Å². The van der Waals surface area contributed by atoms with Crippen LogP contribution >= 0.6 is 11.6 Å². The summed E-state index contributed by atoms with van der Waals surface area (Å²) in [6.07, 6.45) is 1.69. The van der Waals surface area contributed by atoms with Crippen molar-refractivity contribution < 1.29 is 14.3 Å². The summed E-state index contributed by atoms with van der Waals surface area (Å²) in [7, 11) is 1.52. The lowest BCUT2D eigenvalue weighted by atomic mass is 10.2. The van der Waals surface area contributed by atoms with Gasteiger partial charge in [-0.05, 0) is 54.4 Å². The SMILES string of the molecule is COc1cc(C=Nc2ccccc2)cc(Cl)c1OCC(=O)Nc1cccc(C)c1. The summed E-state index contributed by atoms with van der Waals surface area (Å²) < 4.78 is 11.0. The summed E-state index contributed by atoms with van der Waals surface area (Å²) in [4.78, 5) is 16.6. The van der Waals surface area contributed by atoms with E-state index in [1.807, 2.05) is 61.5 Å². The molecule has 0 spiro atoms. The lowest BCUT2D eigenvalue weighted by Gasteiger charge is -2.13. The first-order valence-corrected chi connectivity index (χ1v) is 9.39. The van der Waals surface area contributed by atoms with Gasteiger partial charge in [-0.2, -0.15) is 0 Å². The van der Waals surface area contributed by atoms with Gasteiger partial charge in [0.1, 0.15) is 0 Å². The van der Waals surface area contributed by atoms with Gasteiger partial charge in [-0.1, -0.05) is 41.9 Å². The Morgan fingerprint density at radius 3 is 2.62 bits per heavy atom. The third-order valence-electron chi connectivity index (χ3n) is 4.02. The molecule has 1 amide bonds. The van der Waals surface area contributed by atoms with E-state index in [9.17, 15) is 4.79 Å². The number of nitrogens with one attached hydrogen (secondary N) is 1. The third kappa shape index (κ3) is 5.83. The zero-order valence-electron chi connectivity index (χ0n) is 16.2. The number of hydrogen-bond donors (Lipinski definition) is 1. The zero-order chi connectivity index (χ0) is 20.6. The summed E-state index contributed by atoms with van der Waals surface area (Å²) in [6, 6.07) is 20.6. The van der Waals surface area contributed by atoms with Crippen molar-refractivity contribution in [2.75, 3.05) is 19.0 Å². The highest BCUT2D eigenvalue weighted by molar-refractivity contribution is 6.32. The fraction of sp³-hybridized carbons (Fsp3) is 0.130. The number of ether oxygens (including phenoxy) is 2. The highest BCUT2D eigenvalue weighted by atomic mass is 35.5. The number of amides is 1. The molecule has 0 aromatic heterocycles. The molecule has 0 radical (unpaired) electrons. The average Bonchev–Trinajstić information content (AvgIpc) is 2.72. The number of para-hydroxylation sites is 1. The molecule has 148 valence electrons. The first-order valence-electron chi connectivity index (χ1n) is 9.01. The van der Waals surface area contributed by atoms with Crippen LogP contribution in [0.3, 0.4) is 0 Å². The first-order chi connectivity index (χ1) is 14.0. The van der Waals surface area contributed by atoms with Gasteiger partial charge in [0.25, 0.3) is 5.91 Å².